The van der Waals surface area contributed by atoms with Gasteiger partial charge in [-0.15, -0.1) is 0 Å². The van der Waals surface area contributed by atoms with Crippen LogP contribution in [0.25, 0.3) is 5.69 Å². The standard InChI is InChI=1S/C19H25N2O4/c1-3-23-18(22)8-9-20-10-11-21(14-20)17-6-4-16(5-7-17)19-24-12-15(2)13-25-19/h4-7,10-11,14-15,19H,3,8-9,12-13H2,1-2H3/q+1. The highest BCUT2D eigenvalue weighted by molar-refractivity contribution is 5.68. The molecule has 0 saturated carbocycles. The van der Waals surface area contributed by atoms with Gasteiger partial charge in [0.25, 0.3) is 0 Å². The summed E-state index contributed by atoms with van der Waals surface area (Å²) in [6.45, 7) is 6.41. The smallest absolute Gasteiger partial charge is 0.309 e. The topological polar surface area (TPSA) is 53.6 Å². The molecular formula is C19H25N2O4+. The summed E-state index contributed by atoms with van der Waals surface area (Å²) in [6, 6.07) is 8.13. The van der Waals surface area contributed by atoms with E-state index in [-0.39, 0.29) is 12.3 Å². The number of aryl methyl sites for hydroxylation is 1. The van der Waals surface area contributed by atoms with Gasteiger partial charge in [-0.3, -0.25) is 4.79 Å². The molecule has 1 saturated heterocycles. The maximum absolute atomic E-state index is 11.4. The van der Waals surface area contributed by atoms with E-state index < -0.39 is 0 Å². The number of carbonyl (C=O) groups is 1. The van der Waals surface area contributed by atoms with E-state index >= 15 is 0 Å². The minimum atomic E-state index is -0.274. The van der Waals surface area contributed by atoms with Gasteiger partial charge in [0.2, 0.25) is 6.33 Å². The largest absolute Gasteiger partial charge is 0.466 e. The van der Waals surface area contributed by atoms with E-state index in [1.165, 1.54) is 0 Å². The van der Waals surface area contributed by atoms with Crippen LogP contribution in [-0.4, -0.2) is 30.4 Å². The lowest BCUT2D eigenvalue weighted by molar-refractivity contribution is -0.695. The number of imidazole rings is 1. The van der Waals surface area contributed by atoms with Gasteiger partial charge in [-0.25, -0.2) is 9.13 Å². The summed E-state index contributed by atoms with van der Waals surface area (Å²) in [6.07, 6.45) is 5.97. The summed E-state index contributed by atoms with van der Waals surface area (Å²) >= 11 is 0. The highest BCUT2D eigenvalue weighted by atomic mass is 16.7. The summed E-state index contributed by atoms with van der Waals surface area (Å²) in [5.74, 6) is 0.273. The normalized spacial score (nSPS) is 20.4. The molecule has 0 radical (unpaired) electrons. The van der Waals surface area contributed by atoms with Gasteiger partial charge in [-0.05, 0) is 31.2 Å². The van der Waals surface area contributed by atoms with Gasteiger partial charge < -0.3 is 14.2 Å². The third kappa shape index (κ3) is 4.67. The Morgan fingerprint density at radius 2 is 2.00 bits per heavy atom. The quantitative estimate of drug-likeness (QED) is 0.596. The van der Waals surface area contributed by atoms with Gasteiger partial charge in [0.05, 0.1) is 26.2 Å². The molecule has 0 amide bonds. The summed E-state index contributed by atoms with van der Waals surface area (Å²) in [5.41, 5.74) is 2.07. The van der Waals surface area contributed by atoms with Gasteiger partial charge in [0.15, 0.2) is 6.29 Å². The Morgan fingerprint density at radius 3 is 2.68 bits per heavy atom. The van der Waals surface area contributed by atoms with Crippen LogP contribution in [0.5, 0.6) is 0 Å². The van der Waals surface area contributed by atoms with Crippen molar-refractivity contribution in [3.8, 4) is 5.69 Å². The van der Waals surface area contributed by atoms with Crippen LogP contribution in [0.2, 0.25) is 0 Å². The van der Waals surface area contributed by atoms with Crippen LogP contribution in [0.15, 0.2) is 43.0 Å². The maximum atomic E-state index is 11.4. The van der Waals surface area contributed by atoms with Gasteiger partial charge in [0, 0.05) is 11.5 Å². The predicted molar refractivity (Wildman–Crippen MR) is 91.0 cm³/mol. The van der Waals surface area contributed by atoms with Crippen molar-refractivity contribution in [2.24, 2.45) is 5.92 Å². The lowest BCUT2D eigenvalue weighted by Crippen LogP contribution is -2.32. The molecule has 1 aliphatic rings. The Morgan fingerprint density at radius 1 is 1.28 bits per heavy atom. The van der Waals surface area contributed by atoms with E-state index in [4.69, 9.17) is 14.2 Å². The fourth-order valence-corrected chi connectivity index (χ4v) is 2.73. The van der Waals surface area contributed by atoms with Crippen molar-refractivity contribution in [3.63, 3.8) is 0 Å². The van der Waals surface area contributed by atoms with E-state index in [1.807, 2.05) is 59.0 Å². The van der Waals surface area contributed by atoms with Gasteiger partial charge >= 0.3 is 5.97 Å². The first-order valence-corrected chi connectivity index (χ1v) is 8.72. The second kappa shape index (κ2) is 8.27. The third-order valence-corrected chi connectivity index (χ3v) is 4.10. The van der Waals surface area contributed by atoms with Gasteiger partial charge in [-0.1, -0.05) is 6.92 Å². The molecule has 2 aromatic rings. The molecule has 0 atom stereocenters. The van der Waals surface area contributed by atoms with Gasteiger partial charge in [0.1, 0.15) is 24.6 Å². The molecule has 0 bridgehead atoms. The molecule has 1 aromatic carbocycles. The van der Waals surface area contributed by atoms with Crippen molar-refractivity contribution in [2.45, 2.75) is 33.1 Å². The predicted octanol–water partition coefficient (Wildman–Crippen LogP) is 2.40. The van der Waals surface area contributed by atoms with Crippen molar-refractivity contribution in [1.82, 2.24) is 4.57 Å². The van der Waals surface area contributed by atoms with Gasteiger partial charge in [-0.2, -0.15) is 0 Å². The first-order valence-electron chi connectivity index (χ1n) is 8.72. The second-order valence-corrected chi connectivity index (χ2v) is 6.31. The molecule has 1 fully saturated rings. The molecular weight excluding hydrogens is 320 g/mol. The number of benzene rings is 1. The Hall–Kier alpha value is -2.18. The number of hydrogen-bond donors (Lipinski definition) is 0. The number of rotatable bonds is 6. The Labute approximate surface area is 147 Å². The minimum Gasteiger partial charge on any atom is -0.466 e. The molecule has 0 unspecified atom stereocenters. The first-order chi connectivity index (χ1) is 12.2. The molecule has 6 nitrogen and oxygen atoms in total. The van der Waals surface area contributed by atoms with Crippen LogP contribution in [0.4, 0.5) is 0 Å². The lowest BCUT2D eigenvalue weighted by atomic mass is 10.1. The van der Waals surface area contributed by atoms with E-state index in [9.17, 15) is 4.79 Å². The number of ether oxygens (including phenoxy) is 3. The molecule has 1 aliphatic heterocycles. The number of carbonyl (C=O) groups excluding carboxylic acids is 1. The summed E-state index contributed by atoms with van der Waals surface area (Å²) in [5, 5.41) is 0. The Balaban J connectivity index is 1.60. The van der Waals surface area contributed by atoms with Crippen LogP contribution in [0.3, 0.4) is 0 Å². The third-order valence-electron chi connectivity index (χ3n) is 4.10. The molecule has 6 heteroatoms. The Kier molecular flexibility index (Phi) is 5.83. The zero-order chi connectivity index (χ0) is 17.6. The molecule has 2 heterocycles. The number of nitrogens with zero attached hydrogens (tertiary/aromatic N) is 2. The van der Waals surface area contributed by atoms with Crippen LogP contribution in [0.1, 0.15) is 32.1 Å². The van der Waals surface area contributed by atoms with E-state index in [0.717, 1.165) is 24.5 Å². The van der Waals surface area contributed by atoms with Crippen LogP contribution in [0, 0.1) is 5.92 Å². The SMILES string of the molecule is CCOC(=O)CC[n+]1ccn(-c2ccc(C3OCC(C)CO3)cc2)c1. The average molecular weight is 345 g/mol. The van der Waals surface area contributed by atoms with Crippen LogP contribution >= 0.6 is 0 Å². The highest BCUT2D eigenvalue weighted by Gasteiger charge is 2.21. The molecule has 0 aliphatic carbocycles. The van der Waals surface area contributed by atoms with E-state index in [0.29, 0.717) is 25.5 Å². The monoisotopic (exact) mass is 345 g/mol. The maximum Gasteiger partial charge on any atom is 0.309 e. The molecule has 0 N–H and O–H groups in total. The zero-order valence-corrected chi connectivity index (χ0v) is 14.8. The zero-order valence-electron chi connectivity index (χ0n) is 14.8. The molecule has 3 rings (SSSR count). The first kappa shape index (κ1) is 17.6. The number of hydrogen-bond acceptors (Lipinski definition) is 4. The highest BCUT2D eigenvalue weighted by Crippen LogP contribution is 2.25. The molecule has 25 heavy (non-hydrogen) atoms. The van der Waals surface area contributed by atoms with Crippen molar-refractivity contribution in [3.05, 3.63) is 48.5 Å². The van der Waals surface area contributed by atoms with Crippen molar-refractivity contribution in [2.75, 3.05) is 19.8 Å². The number of esters is 1. The lowest BCUT2D eigenvalue weighted by Gasteiger charge is -2.27. The molecule has 1 aromatic heterocycles. The van der Waals surface area contributed by atoms with Crippen LogP contribution in [-0.2, 0) is 25.5 Å². The van der Waals surface area contributed by atoms with Crippen molar-refractivity contribution in [1.29, 1.82) is 0 Å². The average Bonchev–Trinajstić information content (AvgIpc) is 3.10. The van der Waals surface area contributed by atoms with Crippen molar-refractivity contribution < 1.29 is 23.6 Å². The summed E-state index contributed by atoms with van der Waals surface area (Å²) in [4.78, 5) is 11.4. The second-order valence-electron chi connectivity index (χ2n) is 6.31. The minimum absolute atomic E-state index is 0.172. The summed E-state index contributed by atoms with van der Waals surface area (Å²) in [7, 11) is 0. The molecule has 0 spiro atoms. The van der Waals surface area contributed by atoms with E-state index in [1.54, 1.807) is 0 Å². The van der Waals surface area contributed by atoms with Crippen molar-refractivity contribution >= 4 is 5.97 Å². The Bertz CT molecular complexity index is 688. The van der Waals surface area contributed by atoms with E-state index in [2.05, 4.69) is 6.92 Å². The molecule has 134 valence electrons. The summed E-state index contributed by atoms with van der Waals surface area (Å²) < 4.78 is 20.4. The number of aromatic nitrogens is 2. The van der Waals surface area contributed by atoms with Crippen LogP contribution < -0.4 is 4.57 Å². The fourth-order valence-electron chi connectivity index (χ4n) is 2.73. The fraction of sp³-hybridized carbons (Fsp3) is 0.474.